The molecule has 7 heteroatoms. The molecule has 4 nitrogen and oxygen atoms in total. The summed E-state index contributed by atoms with van der Waals surface area (Å²) < 4.78 is 27.0. The fourth-order valence-electron chi connectivity index (χ4n) is 4.08. The minimum absolute atomic E-state index is 0.0251. The second-order valence-electron chi connectivity index (χ2n) is 8.09. The molecule has 0 atom stereocenters. The van der Waals surface area contributed by atoms with Crippen LogP contribution in [0.5, 0.6) is 0 Å². The molecule has 3 aromatic rings. The van der Waals surface area contributed by atoms with E-state index in [2.05, 4.69) is 15.1 Å². The number of carbonyl (C=O) groups is 1. The van der Waals surface area contributed by atoms with E-state index in [4.69, 9.17) is 12.2 Å². The van der Waals surface area contributed by atoms with Gasteiger partial charge in [-0.3, -0.25) is 9.69 Å². The highest BCUT2D eigenvalue weighted by atomic mass is 32.1. The van der Waals surface area contributed by atoms with Crippen LogP contribution in [-0.4, -0.2) is 46.9 Å². The lowest BCUT2D eigenvalue weighted by Crippen LogP contribution is -2.51. The average molecular weight is 466 g/mol. The van der Waals surface area contributed by atoms with Crippen LogP contribution < -0.4 is 5.32 Å². The minimum Gasteiger partial charge on any atom is -0.346 e. The Morgan fingerprint density at radius 2 is 1.30 bits per heavy atom. The number of nitrogens with zero attached hydrogens (tertiary/aromatic N) is 2. The molecule has 0 aliphatic carbocycles. The zero-order valence-electron chi connectivity index (χ0n) is 18.3. The van der Waals surface area contributed by atoms with Crippen LogP contribution in [0.4, 0.5) is 14.5 Å². The Bertz CT molecular complexity index is 1060. The number of Topliss-reactive ketones (excluding diaryl/α,β-unsaturated/α-hetero) is 1. The normalized spacial score (nSPS) is 14.4. The van der Waals surface area contributed by atoms with E-state index >= 15 is 0 Å². The molecule has 170 valence electrons. The summed E-state index contributed by atoms with van der Waals surface area (Å²) in [5.74, 6) is -0.541. The quantitative estimate of drug-likeness (QED) is 0.410. The molecule has 1 fully saturated rings. The van der Waals surface area contributed by atoms with Gasteiger partial charge >= 0.3 is 0 Å². The van der Waals surface area contributed by atoms with E-state index in [0.29, 0.717) is 10.7 Å². The smallest absolute Gasteiger partial charge is 0.173 e. The first kappa shape index (κ1) is 23.0. The molecule has 0 aromatic heterocycles. The minimum atomic E-state index is -0.283. The first-order chi connectivity index (χ1) is 15.9. The van der Waals surface area contributed by atoms with Crippen LogP contribution >= 0.6 is 12.2 Å². The molecule has 0 radical (unpaired) electrons. The zero-order valence-corrected chi connectivity index (χ0v) is 19.1. The Morgan fingerprint density at radius 3 is 1.76 bits per heavy atom. The van der Waals surface area contributed by atoms with Crippen LogP contribution in [0.25, 0.3) is 0 Å². The van der Waals surface area contributed by atoms with Crippen molar-refractivity contribution in [1.82, 2.24) is 9.80 Å². The number of hydrogen-bond donors (Lipinski definition) is 1. The maximum atomic E-state index is 13.5. The highest BCUT2D eigenvalue weighted by molar-refractivity contribution is 7.80. The summed E-state index contributed by atoms with van der Waals surface area (Å²) in [5, 5.41) is 3.87. The number of rotatable bonds is 5. The summed E-state index contributed by atoms with van der Waals surface area (Å²) in [6.45, 7) is 4.46. The van der Waals surface area contributed by atoms with Crippen LogP contribution in [0.15, 0.2) is 72.8 Å². The van der Waals surface area contributed by atoms with E-state index in [9.17, 15) is 13.6 Å². The van der Waals surface area contributed by atoms with Crippen LogP contribution in [0.2, 0.25) is 0 Å². The van der Waals surface area contributed by atoms with Gasteiger partial charge in [-0.25, -0.2) is 8.78 Å². The number of benzene rings is 3. The highest BCUT2D eigenvalue weighted by Crippen LogP contribution is 2.30. The molecule has 1 heterocycles. The Hall–Kier alpha value is -3.16. The van der Waals surface area contributed by atoms with E-state index < -0.39 is 0 Å². The number of nitrogens with one attached hydrogen (secondary N) is 1. The number of anilines is 1. The third-order valence-corrected chi connectivity index (χ3v) is 6.24. The van der Waals surface area contributed by atoms with Crippen LogP contribution in [-0.2, 0) is 0 Å². The number of thiocarbonyl (C=S) groups is 1. The lowest BCUT2D eigenvalue weighted by Gasteiger charge is -2.40. The topological polar surface area (TPSA) is 35.6 Å². The third kappa shape index (κ3) is 5.61. The second kappa shape index (κ2) is 10.2. The van der Waals surface area contributed by atoms with Crippen molar-refractivity contribution in [3.05, 3.63) is 101 Å². The van der Waals surface area contributed by atoms with Gasteiger partial charge in [-0.05, 0) is 78.8 Å². The first-order valence-corrected chi connectivity index (χ1v) is 11.2. The van der Waals surface area contributed by atoms with Crippen molar-refractivity contribution in [1.29, 1.82) is 0 Å². The molecule has 0 spiro atoms. The Balaban J connectivity index is 1.44. The summed E-state index contributed by atoms with van der Waals surface area (Å²) in [5.41, 5.74) is 3.42. The zero-order chi connectivity index (χ0) is 23.4. The van der Waals surface area contributed by atoms with Crippen molar-refractivity contribution in [3.63, 3.8) is 0 Å². The molecule has 1 aliphatic rings. The average Bonchev–Trinajstić information content (AvgIpc) is 2.82. The standard InChI is InChI=1S/C26H25F2N3OS/c1-18(32)19-6-12-24(13-7-19)29-26(33)31-16-14-30(15-17-31)25(20-2-8-22(27)9-3-20)21-4-10-23(28)11-5-21/h2-13,25H,14-17H2,1H3,(H,29,33). The van der Waals surface area contributed by atoms with Crippen molar-refractivity contribution < 1.29 is 13.6 Å². The summed E-state index contributed by atoms with van der Waals surface area (Å²) in [6.07, 6.45) is 0. The maximum absolute atomic E-state index is 13.5. The van der Waals surface area contributed by atoms with E-state index in [1.165, 1.54) is 31.2 Å². The van der Waals surface area contributed by atoms with Gasteiger partial charge in [0.1, 0.15) is 11.6 Å². The van der Waals surface area contributed by atoms with Gasteiger partial charge < -0.3 is 10.2 Å². The maximum Gasteiger partial charge on any atom is 0.173 e. The number of piperazine rings is 1. The van der Waals surface area contributed by atoms with Crippen LogP contribution in [0.3, 0.4) is 0 Å². The van der Waals surface area contributed by atoms with Gasteiger partial charge in [0, 0.05) is 37.4 Å². The summed E-state index contributed by atoms with van der Waals surface area (Å²) in [4.78, 5) is 15.9. The monoisotopic (exact) mass is 465 g/mol. The molecule has 0 bridgehead atoms. The largest absolute Gasteiger partial charge is 0.346 e. The molecule has 0 saturated carbocycles. The summed E-state index contributed by atoms with van der Waals surface area (Å²) in [7, 11) is 0. The van der Waals surface area contributed by atoms with Gasteiger partial charge in [-0.15, -0.1) is 0 Å². The Labute approximate surface area is 197 Å². The number of ketones is 1. The first-order valence-electron chi connectivity index (χ1n) is 10.8. The molecular weight excluding hydrogens is 440 g/mol. The van der Waals surface area contributed by atoms with Gasteiger partial charge in [-0.2, -0.15) is 0 Å². The fourth-order valence-corrected chi connectivity index (χ4v) is 4.38. The van der Waals surface area contributed by atoms with Crippen molar-refractivity contribution in [2.24, 2.45) is 0 Å². The molecule has 1 aliphatic heterocycles. The molecule has 3 aromatic carbocycles. The van der Waals surface area contributed by atoms with Crippen LogP contribution in [0, 0.1) is 11.6 Å². The van der Waals surface area contributed by atoms with Gasteiger partial charge in [-0.1, -0.05) is 24.3 Å². The number of hydrogen-bond acceptors (Lipinski definition) is 3. The van der Waals surface area contributed by atoms with E-state index in [0.717, 1.165) is 43.0 Å². The van der Waals surface area contributed by atoms with Crippen LogP contribution in [0.1, 0.15) is 34.5 Å². The van der Waals surface area contributed by atoms with Crippen molar-refractivity contribution in [3.8, 4) is 0 Å². The lowest BCUT2D eigenvalue weighted by atomic mass is 9.96. The fraction of sp³-hybridized carbons (Fsp3) is 0.231. The van der Waals surface area contributed by atoms with Gasteiger partial charge in [0.2, 0.25) is 0 Å². The van der Waals surface area contributed by atoms with Crippen molar-refractivity contribution in [2.75, 3.05) is 31.5 Å². The molecular formula is C26H25F2N3OS. The highest BCUT2D eigenvalue weighted by Gasteiger charge is 2.27. The second-order valence-corrected chi connectivity index (χ2v) is 8.48. The lowest BCUT2D eigenvalue weighted by molar-refractivity contribution is 0.101. The molecule has 33 heavy (non-hydrogen) atoms. The third-order valence-electron chi connectivity index (χ3n) is 5.88. The molecule has 0 amide bonds. The molecule has 4 rings (SSSR count). The summed E-state index contributed by atoms with van der Waals surface area (Å²) >= 11 is 5.61. The SMILES string of the molecule is CC(=O)c1ccc(NC(=S)N2CCN(C(c3ccc(F)cc3)c3ccc(F)cc3)CC2)cc1. The Morgan fingerprint density at radius 1 is 0.818 bits per heavy atom. The van der Waals surface area contributed by atoms with Crippen molar-refractivity contribution >= 4 is 28.8 Å². The van der Waals surface area contributed by atoms with Crippen molar-refractivity contribution in [2.45, 2.75) is 13.0 Å². The van der Waals surface area contributed by atoms with E-state index in [-0.39, 0.29) is 23.5 Å². The van der Waals surface area contributed by atoms with Gasteiger partial charge in [0.25, 0.3) is 0 Å². The van der Waals surface area contributed by atoms with E-state index in [1.54, 1.807) is 36.4 Å². The molecule has 1 N–H and O–H groups in total. The number of carbonyl (C=O) groups excluding carboxylic acids is 1. The van der Waals surface area contributed by atoms with Gasteiger partial charge in [0.05, 0.1) is 6.04 Å². The predicted octanol–water partition coefficient (Wildman–Crippen LogP) is 5.27. The van der Waals surface area contributed by atoms with Gasteiger partial charge in [0.15, 0.2) is 10.9 Å². The molecule has 1 saturated heterocycles. The summed E-state index contributed by atoms with van der Waals surface area (Å²) in [6, 6.07) is 20.1. The molecule has 0 unspecified atom stereocenters. The number of halogens is 2. The van der Waals surface area contributed by atoms with E-state index in [1.807, 2.05) is 12.1 Å². The Kier molecular flexibility index (Phi) is 7.11. The predicted molar refractivity (Wildman–Crippen MR) is 130 cm³/mol.